The number of hydrogen-bond acceptors (Lipinski definition) is 4. The summed E-state index contributed by atoms with van der Waals surface area (Å²) in [5.41, 5.74) is -2.90. The minimum Gasteiger partial charge on any atom is -0.362 e. The number of aryl methyl sites for hydroxylation is 2. The maximum Gasteiger partial charge on any atom is 0.438 e. The third-order valence-electron chi connectivity index (χ3n) is 3.10. The average molecular weight is 290 g/mol. The number of carbonyl (C=O) groups excluding carboxylic acids is 1. The quantitative estimate of drug-likeness (QED) is 0.845. The molecule has 0 bridgehead atoms. The number of halogens is 3. The average Bonchev–Trinajstić information content (AvgIpc) is 2.79. The number of carbonyl (C=O) groups is 1. The van der Waals surface area contributed by atoms with Gasteiger partial charge >= 0.3 is 6.18 Å². The number of aromatic nitrogens is 2. The van der Waals surface area contributed by atoms with E-state index in [-0.39, 0.29) is 16.4 Å². The van der Waals surface area contributed by atoms with Crippen LogP contribution in [0, 0.1) is 6.92 Å². The molecule has 0 aliphatic carbocycles. The van der Waals surface area contributed by atoms with Crippen molar-refractivity contribution in [3.05, 3.63) is 17.5 Å². The smallest absolute Gasteiger partial charge is 0.362 e. The van der Waals surface area contributed by atoms with Crippen LogP contribution in [-0.2, 0) is 7.05 Å². The van der Waals surface area contributed by atoms with Gasteiger partial charge in [0.1, 0.15) is 0 Å². The molecule has 0 saturated heterocycles. The standard InChI is InChI=1S/C11H13F3N4O2/c1-6-5-10(20,11(12,13)14)18(15-6)9(19)8-4-7(2)17(3)16-8/h4,20H,5H2,1-3H3/t10-/m0/s1. The predicted molar refractivity (Wildman–Crippen MR) is 62.8 cm³/mol. The Labute approximate surface area is 112 Å². The molecule has 1 atom stereocenters. The van der Waals surface area contributed by atoms with Crippen molar-refractivity contribution in [2.24, 2.45) is 12.1 Å². The zero-order valence-corrected chi connectivity index (χ0v) is 11.1. The minimum absolute atomic E-state index is 0.0193. The maximum atomic E-state index is 13.0. The van der Waals surface area contributed by atoms with Crippen molar-refractivity contribution in [1.29, 1.82) is 0 Å². The summed E-state index contributed by atoms with van der Waals surface area (Å²) in [6.07, 6.45) is -5.78. The highest BCUT2D eigenvalue weighted by molar-refractivity contribution is 5.96. The fraction of sp³-hybridized carbons (Fsp3) is 0.545. The van der Waals surface area contributed by atoms with Crippen LogP contribution >= 0.6 is 0 Å². The third-order valence-corrected chi connectivity index (χ3v) is 3.10. The summed E-state index contributed by atoms with van der Waals surface area (Å²) < 4.78 is 40.3. The fourth-order valence-electron chi connectivity index (χ4n) is 1.93. The molecule has 20 heavy (non-hydrogen) atoms. The monoisotopic (exact) mass is 290 g/mol. The highest BCUT2D eigenvalue weighted by Crippen LogP contribution is 2.40. The van der Waals surface area contributed by atoms with E-state index in [2.05, 4.69) is 10.2 Å². The number of amides is 1. The van der Waals surface area contributed by atoms with Crippen LogP contribution in [0.2, 0.25) is 0 Å². The maximum absolute atomic E-state index is 13.0. The molecule has 0 saturated carbocycles. The van der Waals surface area contributed by atoms with Gasteiger partial charge in [0.15, 0.2) is 5.69 Å². The lowest BCUT2D eigenvalue weighted by Crippen LogP contribution is -2.56. The van der Waals surface area contributed by atoms with Crippen LogP contribution in [-0.4, -0.2) is 43.4 Å². The Hall–Kier alpha value is -1.90. The van der Waals surface area contributed by atoms with Crippen LogP contribution in [0.5, 0.6) is 0 Å². The molecular weight excluding hydrogens is 277 g/mol. The fourth-order valence-corrected chi connectivity index (χ4v) is 1.93. The van der Waals surface area contributed by atoms with Gasteiger partial charge in [-0.05, 0) is 19.9 Å². The molecule has 1 aromatic heterocycles. The summed E-state index contributed by atoms with van der Waals surface area (Å²) >= 11 is 0. The summed E-state index contributed by atoms with van der Waals surface area (Å²) in [5, 5.41) is 17.2. The van der Waals surface area contributed by atoms with Crippen LogP contribution in [0.15, 0.2) is 11.2 Å². The number of nitrogens with zero attached hydrogens (tertiary/aromatic N) is 4. The van der Waals surface area contributed by atoms with Gasteiger partial charge in [-0.25, -0.2) is 0 Å². The molecule has 9 heteroatoms. The predicted octanol–water partition coefficient (Wildman–Crippen LogP) is 1.20. The molecule has 0 radical (unpaired) electrons. The van der Waals surface area contributed by atoms with Gasteiger partial charge in [0.05, 0.1) is 0 Å². The lowest BCUT2D eigenvalue weighted by molar-refractivity contribution is -0.297. The first-order valence-corrected chi connectivity index (χ1v) is 5.74. The molecule has 2 heterocycles. The molecule has 110 valence electrons. The Balaban J connectivity index is 2.41. The third kappa shape index (κ3) is 2.07. The molecule has 0 unspecified atom stereocenters. The van der Waals surface area contributed by atoms with Crippen LogP contribution in [0.1, 0.15) is 29.5 Å². The Kier molecular flexibility index (Phi) is 3.12. The van der Waals surface area contributed by atoms with Crippen LogP contribution in [0.4, 0.5) is 13.2 Å². The number of hydrazone groups is 1. The molecule has 1 N–H and O–H groups in total. The van der Waals surface area contributed by atoms with Gasteiger partial charge in [-0.1, -0.05) is 0 Å². The van der Waals surface area contributed by atoms with Gasteiger partial charge in [0.2, 0.25) is 0 Å². The SMILES string of the molecule is CC1=NN(C(=O)c2cc(C)n(C)n2)[C@@](O)(C(F)(F)F)C1. The second-order valence-electron chi connectivity index (χ2n) is 4.74. The molecule has 2 rings (SSSR count). The molecule has 0 aromatic carbocycles. The van der Waals surface area contributed by atoms with Crippen molar-refractivity contribution in [2.45, 2.75) is 32.2 Å². The Morgan fingerprint density at radius 2 is 2.05 bits per heavy atom. The van der Waals surface area contributed by atoms with Gasteiger partial charge < -0.3 is 5.11 Å². The van der Waals surface area contributed by atoms with E-state index in [1.54, 1.807) is 14.0 Å². The van der Waals surface area contributed by atoms with E-state index in [0.29, 0.717) is 5.69 Å². The molecule has 1 aliphatic rings. The largest absolute Gasteiger partial charge is 0.438 e. The van der Waals surface area contributed by atoms with Crippen molar-refractivity contribution in [2.75, 3.05) is 0 Å². The van der Waals surface area contributed by atoms with Gasteiger partial charge in [0.25, 0.3) is 11.6 Å². The van der Waals surface area contributed by atoms with Gasteiger partial charge in [-0.3, -0.25) is 9.48 Å². The Bertz CT molecular complexity index is 573. The number of hydrogen-bond donors (Lipinski definition) is 1. The normalized spacial score (nSPS) is 23.1. The first-order valence-electron chi connectivity index (χ1n) is 5.74. The summed E-state index contributed by atoms with van der Waals surface area (Å²) in [5.74, 6) is -1.09. The number of alkyl halides is 3. The van der Waals surface area contributed by atoms with Crippen molar-refractivity contribution in [1.82, 2.24) is 14.8 Å². The number of rotatable bonds is 1. The first-order chi connectivity index (χ1) is 9.06. The highest BCUT2D eigenvalue weighted by Gasteiger charge is 2.63. The molecule has 1 aliphatic heterocycles. The lowest BCUT2D eigenvalue weighted by atomic mass is 10.1. The van der Waals surface area contributed by atoms with E-state index in [0.717, 1.165) is 0 Å². The van der Waals surface area contributed by atoms with E-state index >= 15 is 0 Å². The Morgan fingerprint density at radius 1 is 1.45 bits per heavy atom. The van der Waals surface area contributed by atoms with Crippen molar-refractivity contribution in [3.63, 3.8) is 0 Å². The summed E-state index contributed by atoms with van der Waals surface area (Å²) in [6, 6.07) is 1.34. The first kappa shape index (κ1) is 14.5. The van der Waals surface area contributed by atoms with Crippen LogP contribution in [0.3, 0.4) is 0 Å². The van der Waals surface area contributed by atoms with Gasteiger partial charge in [0, 0.05) is 24.9 Å². The highest BCUT2D eigenvalue weighted by atomic mass is 19.4. The van der Waals surface area contributed by atoms with Crippen molar-refractivity contribution < 1.29 is 23.1 Å². The van der Waals surface area contributed by atoms with E-state index in [9.17, 15) is 23.1 Å². The molecule has 0 fully saturated rings. The van der Waals surface area contributed by atoms with Crippen LogP contribution < -0.4 is 0 Å². The molecular formula is C11H13F3N4O2. The summed E-state index contributed by atoms with van der Waals surface area (Å²) in [6.45, 7) is 2.96. The summed E-state index contributed by atoms with van der Waals surface area (Å²) in [7, 11) is 1.56. The van der Waals surface area contributed by atoms with E-state index in [4.69, 9.17) is 0 Å². The van der Waals surface area contributed by atoms with Crippen LogP contribution in [0.25, 0.3) is 0 Å². The topological polar surface area (TPSA) is 70.7 Å². The molecule has 1 aromatic rings. The number of aliphatic hydroxyl groups is 1. The van der Waals surface area contributed by atoms with Gasteiger partial charge in [-0.2, -0.15) is 28.4 Å². The zero-order valence-electron chi connectivity index (χ0n) is 11.1. The molecule has 6 nitrogen and oxygen atoms in total. The van der Waals surface area contributed by atoms with E-state index in [1.165, 1.54) is 17.7 Å². The van der Waals surface area contributed by atoms with Crippen molar-refractivity contribution >= 4 is 11.6 Å². The zero-order chi connectivity index (χ0) is 15.3. The van der Waals surface area contributed by atoms with E-state index < -0.39 is 24.2 Å². The Morgan fingerprint density at radius 3 is 2.50 bits per heavy atom. The lowest BCUT2D eigenvalue weighted by Gasteiger charge is -2.32. The van der Waals surface area contributed by atoms with E-state index in [1.807, 2.05) is 0 Å². The van der Waals surface area contributed by atoms with Gasteiger partial charge in [-0.15, -0.1) is 0 Å². The second-order valence-corrected chi connectivity index (χ2v) is 4.74. The molecule has 1 amide bonds. The second kappa shape index (κ2) is 4.30. The molecule has 0 spiro atoms. The van der Waals surface area contributed by atoms with Crippen molar-refractivity contribution in [3.8, 4) is 0 Å². The minimum atomic E-state index is -5.01. The summed E-state index contributed by atoms with van der Waals surface area (Å²) in [4.78, 5) is 12.1.